The largest absolute Gasteiger partial charge is 0.465 e. The van der Waals surface area contributed by atoms with E-state index in [4.69, 9.17) is 9.15 Å². The fraction of sp³-hybridized carbons (Fsp3) is 0.333. The first-order valence-corrected chi connectivity index (χ1v) is 10.4. The number of aliphatic hydroxyl groups excluding tert-OH is 1. The number of thioether (sulfide) groups is 1. The maximum Gasteiger partial charge on any atom is 0.220 e. The van der Waals surface area contributed by atoms with E-state index in [-0.39, 0.29) is 0 Å². The van der Waals surface area contributed by atoms with E-state index in [2.05, 4.69) is 14.9 Å². The molecule has 26 heavy (non-hydrogen) atoms. The van der Waals surface area contributed by atoms with Gasteiger partial charge in [-0.25, -0.2) is 9.97 Å². The minimum absolute atomic E-state index is 0.526. The molecule has 136 valence electrons. The van der Waals surface area contributed by atoms with Crippen molar-refractivity contribution in [2.45, 2.75) is 13.2 Å². The summed E-state index contributed by atoms with van der Waals surface area (Å²) in [4.78, 5) is 12.4. The molecule has 0 bridgehead atoms. The molecule has 1 unspecified atom stereocenters. The summed E-state index contributed by atoms with van der Waals surface area (Å²) < 4.78 is 11.0. The summed E-state index contributed by atoms with van der Waals surface area (Å²) in [5.41, 5.74) is 1.37. The van der Waals surface area contributed by atoms with E-state index in [0.29, 0.717) is 17.2 Å². The van der Waals surface area contributed by atoms with Gasteiger partial charge in [0.15, 0.2) is 17.0 Å². The number of aliphatic hydroxyl groups is 1. The van der Waals surface area contributed by atoms with Crippen LogP contribution < -0.4 is 9.64 Å². The van der Waals surface area contributed by atoms with Crippen LogP contribution in [0.15, 0.2) is 28.8 Å². The van der Waals surface area contributed by atoms with Crippen molar-refractivity contribution in [3.63, 3.8) is 0 Å². The predicted molar refractivity (Wildman–Crippen MR) is 107 cm³/mol. The lowest BCUT2D eigenvalue weighted by Gasteiger charge is -2.25. The van der Waals surface area contributed by atoms with Gasteiger partial charge in [0.25, 0.3) is 0 Å². The number of ether oxygens (including phenoxy) is 1. The number of aromatic nitrogens is 2. The molecule has 1 N–H and O–H groups in total. The van der Waals surface area contributed by atoms with Crippen molar-refractivity contribution in [3.8, 4) is 5.75 Å². The number of thiazole rings is 1. The first-order valence-electron chi connectivity index (χ1n) is 8.39. The zero-order chi connectivity index (χ0) is 17.9. The van der Waals surface area contributed by atoms with E-state index in [1.54, 1.807) is 30.4 Å². The van der Waals surface area contributed by atoms with Crippen molar-refractivity contribution in [1.29, 1.82) is 0 Å². The van der Waals surface area contributed by atoms with E-state index in [9.17, 15) is 5.11 Å². The van der Waals surface area contributed by atoms with Crippen LogP contribution in [0.25, 0.3) is 23.3 Å². The fourth-order valence-electron chi connectivity index (χ4n) is 2.67. The molecule has 1 saturated heterocycles. The van der Waals surface area contributed by atoms with Crippen molar-refractivity contribution in [2.75, 3.05) is 29.5 Å². The van der Waals surface area contributed by atoms with E-state index in [1.807, 2.05) is 36.2 Å². The van der Waals surface area contributed by atoms with Crippen LogP contribution in [-0.4, -0.2) is 46.0 Å². The highest BCUT2D eigenvalue weighted by Gasteiger charge is 2.14. The summed E-state index contributed by atoms with van der Waals surface area (Å²) in [6.07, 6.45) is 4.83. The molecule has 0 radical (unpaired) electrons. The van der Waals surface area contributed by atoms with Gasteiger partial charge in [-0.2, -0.15) is 11.8 Å². The van der Waals surface area contributed by atoms with Gasteiger partial charge in [0, 0.05) is 47.8 Å². The normalized spacial score (nSPS) is 16.5. The Hall–Kier alpha value is -2.03. The van der Waals surface area contributed by atoms with Crippen LogP contribution in [0, 0.1) is 0 Å². The average molecular weight is 390 g/mol. The number of fused-ring (bicyclic) bond motifs is 1. The van der Waals surface area contributed by atoms with E-state index < -0.39 is 6.29 Å². The summed E-state index contributed by atoms with van der Waals surface area (Å²) in [6, 6.07) is 5.30. The molecular formula is C18H19N3O3S2. The summed E-state index contributed by atoms with van der Waals surface area (Å²) in [5.74, 6) is 3.40. The topological polar surface area (TPSA) is 71.6 Å². The Kier molecular flexibility index (Phi) is 5.14. The summed E-state index contributed by atoms with van der Waals surface area (Å²) >= 11 is 3.67. The number of anilines is 1. The van der Waals surface area contributed by atoms with Gasteiger partial charge in [0.1, 0.15) is 11.3 Å². The van der Waals surface area contributed by atoms with Gasteiger partial charge in [-0.1, -0.05) is 11.3 Å². The van der Waals surface area contributed by atoms with Gasteiger partial charge in [-0.05, 0) is 25.1 Å². The molecule has 2 aromatic heterocycles. The number of oxazole rings is 1. The van der Waals surface area contributed by atoms with Crippen LogP contribution in [0.1, 0.15) is 17.7 Å². The smallest absolute Gasteiger partial charge is 0.220 e. The third kappa shape index (κ3) is 4.03. The molecule has 0 saturated carbocycles. The quantitative estimate of drug-likeness (QED) is 0.667. The zero-order valence-corrected chi connectivity index (χ0v) is 15.9. The van der Waals surface area contributed by atoms with Crippen molar-refractivity contribution in [3.05, 3.63) is 35.2 Å². The average Bonchev–Trinajstić information content (AvgIpc) is 3.26. The lowest BCUT2D eigenvalue weighted by Crippen LogP contribution is -2.32. The van der Waals surface area contributed by atoms with Crippen molar-refractivity contribution >= 4 is 51.5 Å². The predicted octanol–water partition coefficient (Wildman–Crippen LogP) is 3.73. The SMILES string of the molecule is CC(O)Oc1ccc2nc(C=Cc3cnc(N4CCSCC4)s3)oc2c1. The second kappa shape index (κ2) is 7.69. The van der Waals surface area contributed by atoms with Gasteiger partial charge >= 0.3 is 0 Å². The maximum absolute atomic E-state index is 9.30. The molecule has 8 heteroatoms. The Bertz CT molecular complexity index is 913. The number of nitrogens with zero attached hydrogens (tertiary/aromatic N) is 3. The monoisotopic (exact) mass is 389 g/mol. The molecule has 1 aliphatic heterocycles. The van der Waals surface area contributed by atoms with Gasteiger partial charge in [-0.3, -0.25) is 0 Å². The first kappa shape index (κ1) is 17.4. The molecule has 1 aliphatic rings. The summed E-state index contributed by atoms with van der Waals surface area (Å²) in [6.45, 7) is 3.68. The number of hydrogen-bond acceptors (Lipinski definition) is 8. The maximum atomic E-state index is 9.30. The van der Waals surface area contributed by atoms with E-state index >= 15 is 0 Å². The highest BCUT2D eigenvalue weighted by atomic mass is 32.2. The standard InChI is InChI=1S/C18H19N3O3S2/c1-12(22)23-13-2-4-15-16(10-13)24-17(20-15)5-3-14-11-19-18(26-14)21-6-8-25-9-7-21/h2-5,10-12,22H,6-9H2,1H3. The van der Waals surface area contributed by atoms with Crippen LogP contribution in [0.5, 0.6) is 5.75 Å². The van der Waals surface area contributed by atoms with Crippen LogP contribution >= 0.6 is 23.1 Å². The number of rotatable bonds is 5. The second-order valence-electron chi connectivity index (χ2n) is 5.88. The highest BCUT2D eigenvalue weighted by Crippen LogP contribution is 2.27. The molecule has 1 atom stereocenters. The Morgan fingerprint density at radius 2 is 2.15 bits per heavy atom. The highest BCUT2D eigenvalue weighted by molar-refractivity contribution is 7.99. The molecule has 1 aromatic carbocycles. The summed E-state index contributed by atoms with van der Waals surface area (Å²) in [5, 5.41) is 10.4. The Labute approximate surface area is 159 Å². The van der Waals surface area contributed by atoms with Crippen molar-refractivity contribution < 1.29 is 14.3 Å². The Morgan fingerprint density at radius 3 is 2.96 bits per heavy atom. The molecule has 3 aromatic rings. The lowest BCUT2D eigenvalue weighted by molar-refractivity contribution is -0.000226. The fourth-order valence-corrected chi connectivity index (χ4v) is 4.45. The van der Waals surface area contributed by atoms with Gasteiger partial charge in [0.2, 0.25) is 5.89 Å². The van der Waals surface area contributed by atoms with Crippen molar-refractivity contribution in [2.24, 2.45) is 0 Å². The third-order valence-electron chi connectivity index (χ3n) is 3.87. The second-order valence-corrected chi connectivity index (χ2v) is 8.14. The van der Waals surface area contributed by atoms with Crippen LogP contribution in [0.3, 0.4) is 0 Å². The molecule has 4 rings (SSSR count). The van der Waals surface area contributed by atoms with E-state index in [1.165, 1.54) is 0 Å². The van der Waals surface area contributed by atoms with Crippen LogP contribution in [0.2, 0.25) is 0 Å². The molecule has 3 heterocycles. The van der Waals surface area contributed by atoms with Gasteiger partial charge < -0.3 is 19.2 Å². The zero-order valence-electron chi connectivity index (χ0n) is 14.3. The van der Waals surface area contributed by atoms with Crippen molar-refractivity contribution in [1.82, 2.24) is 9.97 Å². The van der Waals surface area contributed by atoms with Crippen LogP contribution in [-0.2, 0) is 0 Å². The third-order valence-corrected chi connectivity index (χ3v) is 5.83. The minimum Gasteiger partial charge on any atom is -0.465 e. The van der Waals surface area contributed by atoms with Crippen LogP contribution in [0.4, 0.5) is 5.13 Å². The minimum atomic E-state index is -0.867. The summed E-state index contributed by atoms with van der Waals surface area (Å²) in [7, 11) is 0. The van der Waals surface area contributed by atoms with Gasteiger partial charge in [0.05, 0.1) is 0 Å². The number of hydrogen-bond donors (Lipinski definition) is 1. The number of benzene rings is 1. The molecule has 0 spiro atoms. The molecular weight excluding hydrogens is 370 g/mol. The molecule has 0 amide bonds. The van der Waals surface area contributed by atoms with Gasteiger partial charge in [-0.15, -0.1) is 0 Å². The molecule has 6 nitrogen and oxygen atoms in total. The molecule has 0 aliphatic carbocycles. The van der Waals surface area contributed by atoms with E-state index in [0.717, 1.165) is 40.1 Å². The lowest BCUT2D eigenvalue weighted by atomic mass is 10.3. The molecule has 1 fully saturated rings. The Morgan fingerprint density at radius 1 is 1.31 bits per heavy atom. The Balaban J connectivity index is 1.48. The first-order chi connectivity index (χ1) is 12.7.